The number of rotatable bonds is 19. The molecule has 0 aliphatic rings. The minimum atomic E-state index is -0.499. The first-order valence-corrected chi connectivity index (χ1v) is 13.8. The minimum Gasteiger partial charge on any atom is -0.424 e. The van der Waals surface area contributed by atoms with Crippen LogP contribution in [0.3, 0.4) is 0 Å². The molecule has 0 saturated carbocycles. The predicted octanol–water partition coefficient (Wildman–Crippen LogP) is 3.44. The van der Waals surface area contributed by atoms with Crippen molar-refractivity contribution in [2.75, 3.05) is 71.0 Å². The van der Waals surface area contributed by atoms with Crippen molar-refractivity contribution in [3.05, 3.63) is 72.3 Å². The van der Waals surface area contributed by atoms with Gasteiger partial charge in [-0.1, -0.05) is 30.3 Å². The SMILES string of the molecule is COCCOCCOCCOCCC(=O)Oc1ccccc1N=Nc1ccc(NC(=O)CNC(=O)c2ccccc2)nc1N. The van der Waals surface area contributed by atoms with Gasteiger partial charge in [-0.2, -0.15) is 0 Å². The molecule has 3 rings (SSSR count). The van der Waals surface area contributed by atoms with E-state index >= 15 is 0 Å². The van der Waals surface area contributed by atoms with Crippen molar-refractivity contribution in [3.63, 3.8) is 0 Å². The molecule has 0 aliphatic carbocycles. The van der Waals surface area contributed by atoms with E-state index in [-0.39, 0.29) is 48.6 Å². The summed E-state index contributed by atoms with van der Waals surface area (Å²) in [5.74, 6) is -0.956. The highest BCUT2D eigenvalue weighted by Crippen LogP contribution is 2.30. The largest absolute Gasteiger partial charge is 0.424 e. The van der Waals surface area contributed by atoms with Gasteiger partial charge in [0, 0.05) is 12.7 Å². The number of ether oxygens (including phenoxy) is 5. The number of hydrogen-bond acceptors (Lipinski definition) is 12. The lowest BCUT2D eigenvalue weighted by molar-refractivity contribution is -0.135. The number of azo groups is 1. The molecule has 3 aromatic rings. The van der Waals surface area contributed by atoms with Gasteiger partial charge in [0.25, 0.3) is 5.91 Å². The van der Waals surface area contributed by atoms with Crippen LogP contribution in [-0.2, 0) is 28.5 Å². The Bertz CT molecular complexity index is 1370. The Hall–Kier alpha value is -4.76. The van der Waals surface area contributed by atoms with E-state index in [1.165, 1.54) is 12.1 Å². The van der Waals surface area contributed by atoms with Crippen LogP contribution in [0.15, 0.2) is 77.0 Å². The molecule has 4 N–H and O–H groups in total. The summed E-state index contributed by atoms with van der Waals surface area (Å²) in [4.78, 5) is 40.8. The van der Waals surface area contributed by atoms with Crippen molar-refractivity contribution < 1.29 is 38.1 Å². The number of carbonyl (C=O) groups excluding carboxylic acids is 3. The number of esters is 1. The second-order valence-corrected chi connectivity index (χ2v) is 8.92. The Kier molecular flexibility index (Phi) is 14.9. The van der Waals surface area contributed by atoms with Crippen LogP contribution in [0.25, 0.3) is 0 Å². The Labute approximate surface area is 254 Å². The molecule has 14 nitrogen and oxygen atoms in total. The third-order valence-electron chi connectivity index (χ3n) is 5.60. The van der Waals surface area contributed by atoms with Gasteiger partial charge < -0.3 is 40.1 Å². The fraction of sp³-hybridized carbons (Fsp3) is 0.333. The number of nitrogens with one attached hydrogen (secondary N) is 2. The van der Waals surface area contributed by atoms with Crippen molar-refractivity contribution in [3.8, 4) is 5.75 Å². The molecular weight excluding hydrogens is 572 g/mol. The van der Waals surface area contributed by atoms with Crippen LogP contribution in [0.5, 0.6) is 5.75 Å². The van der Waals surface area contributed by atoms with E-state index in [1.807, 2.05) is 0 Å². The van der Waals surface area contributed by atoms with Gasteiger partial charge in [0.05, 0.1) is 59.2 Å². The molecule has 0 atom stereocenters. The quantitative estimate of drug-likeness (QED) is 0.0788. The van der Waals surface area contributed by atoms with Crippen LogP contribution in [0.1, 0.15) is 16.8 Å². The first kappa shape index (κ1) is 33.7. The molecule has 0 unspecified atom stereocenters. The van der Waals surface area contributed by atoms with Crippen molar-refractivity contribution in [1.82, 2.24) is 10.3 Å². The van der Waals surface area contributed by atoms with E-state index in [0.717, 1.165) is 0 Å². The molecule has 234 valence electrons. The van der Waals surface area contributed by atoms with Gasteiger partial charge in [0.1, 0.15) is 17.2 Å². The van der Waals surface area contributed by atoms with Crippen molar-refractivity contribution in [1.29, 1.82) is 0 Å². The molecule has 2 amide bonds. The number of methoxy groups -OCH3 is 1. The molecular formula is C30H36N6O8. The number of benzene rings is 2. The molecule has 1 heterocycles. The number of aromatic nitrogens is 1. The third kappa shape index (κ3) is 12.6. The first-order valence-electron chi connectivity index (χ1n) is 13.8. The molecule has 14 heteroatoms. The van der Waals surface area contributed by atoms with E-state index in [0.29, 0.717) is 50.9 Å². The molecule has 2 aromatic carbocycles. The summed E-state index contributed by atoms with van der Waals surface area (Å²) in [5.41, 5.74) is 6.98. The minimum absolute atomic E-state index is 0.00842. The van der Waals surface area contributed by atoms with Gasteiger partial charge in [-0.25, -0.2) is 4.98 Å². The second-order valence-electron chi connectivity index (χ2n) is 8.92. The maximum atomic E-state index is 12.3. The molecule has 1 aromatic heterocycles. The number of hydrogen-bond donors (Lipinski definition) is 3. The van der Waals surface area contributed by atoms with Crippen LogP contribution < -0.4 is 21.1 Å². The fourth-order valence-corrected chi connectivity index (χ4v) is 3.41. The average Bonchev–Trinajstić information content (AvgIpc) is 3.03. The van der Waals surface area contributed by atoms with E-state index in [9.17, 15) is 14.4 Å². The first-order chi connectivity index (χ1) is 21.5. The van der Waals surface area contributed by atoms with Gasteiger partial charge >= 0.3 is 5.97 Å². The number of carbonyl (C=O) groups is 3. The molecule has 0 fully saturated rings. The molecule has 0 spiro atoms. The lowest BCUT2D eigenvalue weighted by Crippen LogP contribution is -2.33. The Morgan fingerprint density at radius 3 is 2.11 bits per heavy atom. The highest BCUT2D eigenvalue weighted by Gasteiger charge is 2.11. The smallest absolute Gasteiger partial charge is 0.313 e. The number of pyridine rings is 1. The van der Waals surface area contributed by atoms with Gasteiger partial charge in [0.15, 0.2) is 11.6 Å². The summed E-state index contributed by atoms with van der Waals surface area (Å²) in [6.07, 6.45) is 0.0333. The molecule has 0 radical (unpaired) electrons. The summed E-state index contributed by atoms with van der Waals surface area (Å²) in [6, 6.07) is 18.2. The number of nitrogens with two attached hydrogens (primary N) is 1. The molecule has 0 saturated heterocycles. The van der Waals surface area contributed by atoms with Gasteiger partial charge in [-0.3, -0.25) is 14.4 Å². The Balaban J connectivity index is 1.41. The highest BCUT2D eigenvalue weighted by molar-refractivity contribution is 5.99. The lowest BCUT2D eigenvalue weighted by atomic mass is 10.2. The summed E-state index contributed by atoms with van der Waals surface area (Å²) < 4.78 is 26.4. The summed E-state index contributed by atoms with van der Waals surface area (Å²) in [6.45, 7) is 2.59. The number of nitrogens with zero attached hydrogens (tertiary/aromatic N) is 3. The fourth-order valence-electron chi connectivity index (χ4n) is 3.41. The van der Waals surface area contributed by atoms with Crippen LogP contribution in [-0.4, -0.2) is 82.7 Å². The number of para-hydroxylation sites is 1. The van der Waals surface area contributed by atoms with Gasteiger partial charge in [-0.05, 0) is 36.4 Å². The predicted molar refractivity (Wildman–Crippen MR) is 161 cm³/mol. The summed E-state index contributed by atoms with van der Waals surface area (Å²) in [5, 5.41) is 13.4. The zero-order valence-electron chi connectivity index (χ0n) is 24.4. The molecule has 0 aliphatic heterocycles. The van der Waals surface area contributed by atoms with Gasteiger partial charge in [0.2, 0.25) is 5.91 Å². The van der Waals surface area contributed by atoms with Crippen molar-refractivity contribution in [2.45, 2.75) is 6.42 Å². The van der Waals surface area contributed by atoms with Crippen LogP contribution in [0.2, 0.25) is 0 Å². The normalized spacial score (nSPS) is 10.9. The highest BCUT2D eigenvalue weighted by atomic mass is 16.6. The maximum Gasteiger partial charge on any atom is 0.313 e. The molecule has 44 heavy (non-hydrogen) atoms. The third-order valence-corrected chi connectivity index (χ3v) is 5.60. The van der Waals surface area contributed by atoms with E-state index in [1.54, 1.807) is 61.7 Å². The maximum absolute atomic E-state index is 12.3. The zero-order valence-corrected chi connectivity index (χ0v) is 24.4. The average molecular weight is 609 g/mol. The van der Waals surface area contributed by atoms with E-state index in [2.05, 4.69) is 25.8 Å². The topological polar surface area (TPSA) is 185 Å². The lowest BCUT2D eigenvalue weighted by Gasteiger charge is -2.08. The summed E-state index contributed by atoms with van der Waals surface area (Å²) in [7, 11) is 1.61. The van der Waals surface area contributed by atoms with Crippen molar-refractivity contribution >= 4 is 40.8 Å². The number of amides is 2. The Morgan fingerprint density at radius 1 is 0.773 bits per heavy atom. The number of nitrogen functional groups attached to an aromatic ring is 1. The van der Waals surface area contributed by atoms with Crippen LogP contribution in [0, 0.1) is 0 Å². The zero-order chi connectivity index (χ0) is 31.4. The monoisotopic (exact) mass is 608 g/mol. The number of anilines is 2. The molecule has 0 bridgehead atoms. The van der Waals surface area contributed by atoms with Crippen molar-refractivity contribution in [2.24, 2.45) is 10.2 Å². The van der Waals surface area contributed by atoms with E-state index < -0.39 is 11.9 Å². The standard InChI is InChI=1S/C30H36N6O8/c1-40-15-16-42-19-20-43-18-17-41-14-13-28(38)44-25-10-6-5-9-23(25)35-36-24-11-12-26(34-29(24)31)33-27(37)21-32-30(39)22-7-3-2-4-8-22/h2-12H,13-21H2,1H3,(H,32,39)(H3,31,33,34,37). The van der Waals surface area contributed by atoms with Crippen LogP contribution in [0.4, 0.5) is 23.0 Å². The summed E-state index contributed by atoms with van der Waals surface area (Å²) >= 11 is 0. The van der Waals surface area contributed by atoms with Gasteiger partial charge in [-0.15, -0.1) is 10.2 Å². The Morgan fingerprint density at radius 2 is 1.41 bits per heavy atom. The second kappa shape index (κ2) is 19.4. The van der Waals surface area contributed by atoms with Crippen LogP contribution >= 0.6 is 0 Å². The van der Waals surface area contributed by atoms with E-state index in [4.69, 9.17) is 29.4 Å².